The van der Waals surface area contributed by atoms with Gasteiger partial charge in [0.2, 0.25) is 0 Å². The standard InChI is InChI=1S/C14H7BrF6N6O2/c1-25-11(27(28)29)10(23-12(25)15)26-5-22-9(24-26)6-2-7(13(16,17)18)4-8(3-6)14(19,20)21/h2-5H,1H3. The Morgan fingerprint density at radius 2 is 1.62 bits per heavy atom. The summed E-state index contributed by atoms with van der Waals surface area (Å²) in [5.74, 6) is -1.35. The average Bonchev–Trinajstić information content (AvgIpc) is 3.18. The van der Waals surface area contributed by atoms with Crippen LogP contribution >= 0.6 is 15.9 Å². The second-order valence-corrected chi connectivity index (χ2v) is 6.36. The van der Waals surface area contributed by atoms with E-state index in [1.807, 2.05) is 0 Å². The molecule has 1 aromatic carbocycles. The van der Waals surface area contributed by atoms with Crippen molar-refractivity contribution in [1.29, 1.82) is 0 Å². The van der Waals surface area contributed by atoms with Gasteiger partial charge in [-0.05, 0) is 23.1 Å². The van der Waals surface area contributed by atoms with Crippen molar-refractivity contribution >= 4 is 21.7 Å². The molecule has 0 atom stereocenters. The van der Waals surface area contributed by atoms with Crippen molar-refractivity contribution in [1.82, 2.24) is 24.3 Å². The summed E-state index contributed by atoms with van der Waals surface area (Å²) in [7, 11) is 1.32. The molecule has 3 rings (SSSR count). The van der Waals surface area contributed by atoms with Crippen LogP contribution in [0.15, 0.2) is 29.3 Å². The van der Waals surface area contributed by atoms with Crippen LogP contribution in [0.2, 0.25) is 0 Å². The van der Waals surface area contributed by atoms with Crippen LogP contribution in [0.3, 0.4) is 0 Å². The Labute approximate surface area is 165 Å². The quantitative estimate of drug-likeness (QED) is 0.312. The van der Waals surface area contributed by atoms with Gasteiger partial charge in [0.15, 0.2) is 5.82 Å². The van der Waals surface area contributed by atoms with Gasteiger partial charge in [0.05, 0.1) is 18.2 Å². The molecule has 15 heteroatoms. The van der Waals surface area contributed by atoms with E-state index in [0.29, 0.717) is 12.1 Å². The molecule has 29 heavy (non-hydrogen) atoms. The van der Waals surface area contributed by atoms with E-state index in [4.69, 9.17) is 0 Å². The summed E-state index contributed by atoms with van der Waals surface area (Å²) < 4.78 is 79.9. The first-order valence-electron chi connectivity index (χ1n) is 7.37. The highest BCUT2D eigenvalue weighted by atomic mass is 79.9. The number of halogens is 7. The summed E-state index contributed by atoms with van der Waals surface area (Å²) in [6.07, 6.45) is -9.18. The van der Waals surface area contributed by atoms with Gasteiger partial charge in [0.25, 0.3) is 10.6 Å². The Morgan fingerprint density at radius 3 is 2.10 bits per heavy atom. The van der Waals surface area contributed by atoms with Gasteiger partial charge in [-0.3, -0.25) is 0 Å². The number of aromatic nitrogens is 5. The normalized spacial score (nSPS) is 12.4. The molecule has 0 unspecified atom stereocenters. The van der Waals surface area contributed by atoms with E-state index in [1.54, 1.807) is 0 Å². The van der Waals surface area contributed by atoms with Crippen molar-refractivity contribution in [3.05, 3.63) is 50.5 Å². The third-order valence-corrected chi connectivity index (χ3v) is 4.43. The minimum atomic E-state index is -5.04. The molecule has 3 aromatic rings. The summed E-state index contributed by atoms with van der Waals surface area (Å²) in [5, 5.41) is 15.0. The highest BCUT2D eigenvalue weighted by molar-refractivity contribution is 9.10. The maximum Gasteiger partial charge on any atom is 0.416 e. The van der Waals surface area contributed by atoms with Crippen molar-refractivity contribution < 1.29 is 31.3 Å². The summed E-state index contributed by atoms with van der Waals surface area (Å²) in [4.78, 5) is 18.0. The van der Waals surface area contributed by atoms with Gasteiger partial charge in [0.1, 0.15) is 6.33 Å². The number of benzene rings is 1. The van der Waals surface area contributed by atoms with Crippen molar-refractivity contribution in [2.24, 2.45) is 7.05 Å². The first-order chi connectivity index (χ1) is 13.3. The molecule has 0 saturated carbocycles. The van der Waals surface area contributed by atoms with Gasteiger partial charge in [-0.15, -0.1) is 5.10 Å². The summed E-state index contributed by atoms with van der Waals surface area (Å²) >= 11 is 2.98. The Balaban J connectivity index is 2.15. The zero-order chi connectivity index (χ0) is 21.7. The lowest BCUT2D eigenvalue weighted by Crippen LogP contribution is -2.11. The van der Waals surface area contributed by atoms with Crippen molar-refractivity contribution in [2.75, 3.05) is 0 Å². The van der Waals surface area contributed by atoms with Crippen molar-refractivity contribution in [3.63, 3.8) is 0 Å². The topological polar surface area (TPSA) is 91.7 Å². The lowest BCUT2D eigenvalue weighted by Gasteiger charge is -2.13. The first kappa shape index (κ1) is 20.8. The Bertz CT molecular complexity index is 1070. The smallest absolute Gasteiger partial charge is 0.358 e. The van der Waals surface area contributed by atoms with E-state index in [9.17, 15) is 36.5 Å². The summed E-state index contributed by atoms with van der Waals surface area (Å²) in [5.41, 5.74) is -3.64. The molecular formula is C14H7BrF6N6O2. The van der Waals surface area contributed by atoms with E-state index in [2.05, 4.69) is 31.0 Å². The summed E-state index contributed by atoms with van der Waals surface area (Å²) in [6, 6.07) is 0.885. The van der Waals surface area contributed by atoms with Gasteiger partial charge in [0, 0.05) is 21.5 Å². The maximum absolute atomic E-state index is 13.0. The number of rotatable bonds is 3. The first-order valence-corrected chi connectivity index (χ1v) is 8.17. The minimum absolute atomic E-state index is 0.0266. The molecule has 0 saturated heterocycles. The second kappa shape index (κ2) is 6.82. The highest BCUT2D eigenvalue weighted by Crippen LogP contribution is 2.38. The number of hydrogen-bond donors (Lipinski definition) is 0. The Morgan fingerprint density at radius 1 is 1.07 bits per heavy atom. The van der Waals surface area contributed by atoms with Gasteiger partial charge < -0.3 is 10.1 Å². The molecule has 0 bridgehead atoms. The van der Waals surface area contributed by atoms with Gasteiger partial charge in [-0.2, -0.15) is 36.0 Å². The fourth-order valence-electron chi connectivity index (χ4n) is 2.39. The van der Waals surface area contributed by atoms with Crippen LogP contribution in [-0.4, -0.2) is 29.2 Å². The predicted octanol–water partition coefficient (Wildman–Crippen LogP) is 4.38. The van der Waals surface area contributed by atoms with Crippen LogP contribution < -0.4 is 0 Å². The fraction of sp³-hybridized carbons (Fsp3) is 0.214. The molecule has 0 radical (unpaired) electrons. The molecule has 0 amide bonds. The number of nitrogens with zero attached hydrogens (tertiary/aromatic N) is 6. The van der Waals surface area contributed by atoms with Gasteiger partial charge in [-0.25, -0.2) is 9.55 Å². The van der Waals surface area contributed by atoms with Crippen molar-refractivity contribution in [3.8, 4) is 17.2 Å². The van der Waals surface area contributed by atoms with Crippen molar-refractivity contribution in [2.45, 2.75) is 12.4 Å². The van der Waals surface area contributed by atoms with Gasteiger partial charge in [-0.1, -0.05) is 0 Å². The second-order valence-electron chi connectivity index (χ2n) is 5.65. The fourth-order valence-corrected chi connectivity index (χ4v) is 2.72. The lowest BCUT2D eigenvalue weighted by molar-refractivity contribution is -0.391. The van der Waals surface area contributed by atoms with Crippen LogP contribution in [-0.2, 0) is 19.4 Å². The lowest BCUT2D eigenvalue weighted by atomic mass is 10.0. The molecule has 0 aliphatic heterocycles. The number of hydrogen-bond acceptors (Lipinski definition) is 5. The van der Waals surface area contributed by atoms with E-state index < -0.39 is 45.6 Å². The van der Waals surface area contributed by atoms with Crippen LogP contribution in [0.25, 0.3) is 17.2 Å². The Kier molecular flexibility index (Phi) is 4.88. The van der Waals surface area contributed by atoms with E-state index in [0.717, 1.165) is 15.6 Å². The zero-order valence-corrected chi connectivity index (χ0v) is 15.5. The average molecular weight is 485 g/mol. The zero-order valence-electron chi connectivity index (χ0n) is 14.0. The number of imidazole rings is 1. The van der Waals surface area contributed by atoms with E-state index >= 15 is 0 Å². The molecule has 0 fully saturated rings. The van der Waals surface area contributed by atoms with E-state index in [-0.39, 0.29) is 16.6 Å². The number of nitro groups is 1. The van der Waals surface area contributed by atoms with Crippen LogP contribution in [0.5, 0.6) is 0 Å². The molecular weight excluding hydrogens is 478 g/mol. The molecule has 0 aliphatic carbocycles. The minimum Gasteiger partial charge on any atom is -0.358 e. The largest absolute Gasteiger partial charge is 0.416 e. The molecule has 2 heterocycles. The highest BCUT2D eigenvalue weighted by Gasteiger charge is 2.37. The summed E-state index contributed by atoms with van der Waals surface area (Å²) in [6.45, 7) is 0. The third kappa shape index (κ3) is 3.94. The third-order valence-electron chi connectivity index (χ3n) is 3.72. The molecule has 8 nitrogen and oxygen atoms in total. The predicted molar refractivity (Wildman–Crippen MR) is 87.9 cm³/mol. The van der Waals surface area contributed by atoms with Crippen LogP contribution in [0.4, 0.5) is 32.2 Å². The Hall–Kier alpha value is -2.97. The molecule has 2 aromatic heterocycles. The van der Waals surface area contributed by atoms with E-state index in [1.165, 1.54) is 7.05 Å². The van der Waals surface area contributed by atoms with Crippen LogP contribution in [0.1, 0.15) is 11.1 Å². The SMILES string of the molecule is Cn1c(Br)nc(-n2cnc(-c3cc(C(F)(F)F)cc(C(F)(F)F)c3)n2)c1[N+](=O)[O-]. The van der Waals surface area contributed by atoms with Crippen LogP contribution in [0, 0.1) is 10.1 Å². The number of alkyl halides is 6. The molecule has 154 valence electrons. The van der Waals surface area contributed by atoms with Gasteiger partial charge >= 0.3 is 18.2 Å². The molecule has 0 aliphatic rings. The maximum atomic E-state index is 13.0. The molecule has 0 spiro atoms. The monoisotopic (exact) mass is 484 g/mol. The molecule has 0 N–H and O–H groups in total.